The van der Waals surface area contributed by atoms with Crippen LogP contribution in [0.4, 0.5) is 5.69 Å². The highest BCUT2D eigenvalue weighted by Crippen LogP contribution is 2.30. The molecule has 0 saturated heterocycles. The van der Waals surface area contributed by atoms with Crippen molar-refractivity contribution in [3.05, 3.63) is 90.0 Å². The third-order valence-corrected chi connectivity index (χ3v) is 4.23. The lowest BCUT2D eigenvalue weighted by atomic mass is 10.0. The van der Waals surface area contributed by atoms with E-state index in [0.717, 1.165) is 0 Å². The third-order valence-electron chi connectivity index (χ3n) is 4.23. The van der Waals surface area contributed by atoms with Gasteiger partial charge in [0.25, 0.3) is 11.8 Å². The van der Waals surface area contributed by atoms with Crippen LogP contribution in [0, 0.1) is 0 Å². The van der Waals surface area contributed by atoms with Crippen LogP contribution >= 0.6 is 0 Å². The van der Waals surface area contributed by atoms with E-state index >= 15 is 0 Å². The number of anilines is 1. The summed E-state index contributed by atoms with van der Waals surface area (Å²) >= 11 is 0. The van der Waals surface area contributed by atoms with Crippen LogP contribution in [0.5, 0.6) is 11.5 Å². The molecule has 0 aliphatic carbocycles. The van der Waals surface area contributed by atoms with Crippen molar-refractivity contribution in [2.45, 2.75) is 13.0 Å². The van der Waals surface area contributed by atoms with E-state index in [1.165, 1.54) is 12.1 Å². The van der Waals surface area contributed by atoms with E-state index in [2.05, 4.69) is 10.6 Å². The highest BCUT2D eigenvalue weighted by Gasteiger charge is 2.24. The Morgan fingerprint density at radius 3 is 2.28 bits per heavy atom. The molecule has 6 heteroatoms. The van der Waals surface area contributed by atoms with E-state index in [4.69, 9.17) is 4.74 Å². The van der Waals surface area contributed by atoms with Crippen LogP contribution in [0.25, 0.3) is 0 Å². The van der Waals surface area contributed by atoms with Crippen molar-refractivity contribution in [2.24, 2.45) is 0 Å². The first-order chi connectivity index (χ1) is 14.1. The smallest absolute Gasteiger partial charge is 0.252 e. The number of benzene rings is 3. The number of phenolic OH excluding ortho intramolecular Hbond substituents is 1. The zero-order valence-electron chi connectivity index (χ0n) is 16.0. The number of carbonyl (C=O) groups excluding carboxylic acids is 2. The maximum atomic E-state index is 13.1. The minimum atomic E-state index is -0.910. The molecular formula is C23H22N2O4. The van der Waals surface area contributed by atoms with E-state index in [-0.39, 0.29) is 11.7 Å². The van der Waals surface area contributed by atoms with E-state index in [9.17, 15) is 14.7 Å². The largest absolute Gasteiger partial charge is 0.508 e. The highest BCUT2D eigenvalue weighted by molar-refractivity contribution is 6.02. The van der Waals surface area contributed by atoms with E-state index in [1.807, 2.05) is 19.1 Å². The number of ether oxygens (including phenoxy) is 1. The summed E-state index contributed by atoms with van der Waals surface area (Å²) in [7, 11) is 0. The van der Waals surface area contributed by atoms with Gasteiger partial charge in [0.15, 0.2) is 0 Å². The summed E-state index contributed by atoms with van der Waals surface area (Å²) in [5.74, 6) is -0.400. The second-order valence-corrected chi connectivity index (χ2v) is 6.29. The number of phenols is 1. The van der Waals surface area contributed by atoms with Crippen LogP contribution < -0.4 is 15.4 Å². The van der Waals surface area contributed by atoms with E-state index < -0.39 is 11.9 Å². The molecule has 1 atom stereocenters. The minimum Gasteiger partial charge on any atom is -0.508 e. The Bertz CT molecular complexity index is 975. The van der Waals surface area contributed by atoms with Crippen molar-refractivity contribution in [1.29, 1.82) is 0 Å². The Balaban J connectivity index is 1.87. The second-order valence-electron chi connectivity index (χ2n) is 6.29. The van der Waals surface area contributed by atoms with Crippen LogP contribution in [-0.4, -0.2) is 23.5 Å². The fraction of sp³-hybridized carbons (Fsp3) is 0.130. The van der Waals surface area contributed by atoms with Crippen LogP contribution in [0.15, 0.2) is 78.9 Å². The van der Waals surface area contributed by atoms with Crippen molar-refractivity contribution in [3.63, 3.8) is 0 Å². The summed E-state index contributed by atoms with van der Waals surface area (Å²) in [6.45, 7) is 2.18. The van der Waals surface area contributed by atoms with Gasteiger partial charge in [-0.15, -0.1) is 0 Å². The summed E-state index contributed by atoms with van der Waals surface area (Å²) in [6.07, 6.45) is 0. The second kappa shape index (κ2) is 9.41. The van der Waals surface area contributed by atoms with Crippen molar-refractivity contribution in [3.8, 4) is 11.5 Å². The summed E-state index contributed by atoms with van der Waals surface area (Å²) in [5, 5.41) is 15.3. The lowest BCUT2D eigenvalue weighted by Crippen LogP contribution is -2.37. The minimum absolute atomic E-state index is 0.0310. The fourth-order valence-corrected chi connectivity index (χ4v) is 2.84. The topological polar surface area (TPSA) is 87.7 Å². The Labute approximate surface area is 169 Å². The highest BCUT2D eigenvalue weighted by atomic mass is 16.5. The number of aromatic hydroxyl groups is 1. The average Bonchev–Trinajstić information content (AvgIpc) is 2.75. The van der Waals surface area contributed by atoms with Gasteiger partial charge in [0.1, 0.15) is 17.5 Å². The van der Waals surface area contributed by atoms with Gasteiger partial charge in [-0.3, -0.25) is 9.59 Å². The Morgan fingerprint density at radius 1 is 0.966 bits per heavy atom. The molecule has 1 unspecified atom stereocenters. The van der Waals surface area contributed by atoms with Crippen LogP contribution in [0.1, 0.15) is 28.9 Å². The molecule has 3 N–H and O–H groups in total. The van der Waals surface area contributed by atoms with Gasteiger partial charge in [-0.05, 0) is 36.8 Å². The number of rotatable bonds is 7. The van der Waals surface area contributed by atoms with Crippen LogP contribution in [-0.2, 0) is 4.79 Å². The van der Waals surface area contributed by atoms with Gasteiger partial charge >= 0.3 is 0 Å². The number of carbonyl (C=O) groups is 2. The van der Waals surface area contributed by atoms with E-state index in [1.54, 1.807) is 54.6 Å². The molecule has 0 heterocycles. The standard InChI is InChI=1S/C23H22N2O4/c1-2-29-20-15-18(26)13-14-19(20)24-23(28)21(16-9-5-3-6-10-16)25-22(27)17-11-7-4-8-12-17/h3-15,21,26H,2H2,1H3,(H,24,28)(H,25,27). The molecule has 0 radical (unpaired) electrons. The molecule has 3 rings (SSSR count). The van der Waals surface area contributed by atoms with Crippen molar-refractivity contribution in [1.82, 2.24) is 5.32 Å². The first kappa shape index (κ1) is 19.9. The monoisotopic (exact) mass is 390 g/mol. The van der Waals surface area contributed by atoms with Gasteiger partial charge in [-0.2, -0.15) is 0 Å². The molecule has 0 fully saturated rings. The molecule has 0 spiro atoms. The molecule has 2 amide bonds. The fourth-order valence-electron chi connectivity index (χ4n) is 2.84. The Kier molecular flexibility index (Phi) is 6.47. The third kappa shape index (κ3) is 5.13. The molecule has 148 valence electrons. The lowest BCUT2D eigenvalue weighted by Gasteiger charge is -2.20. The predicted octanol–water partition coefficient (Wildman–Crippen LogP) is 3.90. The van der Waals surface area contributed by atoms with Gasteiger partial charge in [-0.25, -0.2) is 0 Å². The number of nitrogens with one attached hydrogen (secondary N) is 2. The number of hydrogen-bond donors (Lipinski definition) is 3. The summed E-state index contributed by atoms with van der Waals surface area (Å²) < 4.78 is 5.49. The first-order valence-electron chi connectivity index (χ1n) is 9.26. The molecule has 0 aromatic heterocycles. The van der Waals surface area contributed by atoms with Crippen LogP contribution in [0.2, 0.25) is 0 Å². The molecule has 0 saturated carbocycles. The van der Waals surface area contributed by atoms with Gasteiger partial charge in [0.2, 0.25) is 0 Å². The van der Waals surface area contributed by atoms with Crippen molar-refractivity contribution in [2.75, 3.05) is 11.9 Å². The summed E-state index contributed by atoms with van der Waals surface area (Å²) in [6, 6.07) is 21.2. The average molecular weight is 390 g/mol. The number of hydrogen-bond acceptors (Lipinski definition) is 4. The quantitative estimate of drug-likeness (QED) is 0.534. The predicted molar refractivity (Wildman–Crippen MR) is 111 cm³/mol. The first-order valence-corrected chi connectivity index (χ1v) is 9.26. The normalized spacial score (nSPS) is 11.3. The molecule has 0 aliphatic rings. The lowest BCUT2D eigenvalue weighted by molar-refractivity contribution is -0.118. The molecule has 6 nitrogen and oxygen atoms in total. The Hall–Kier alpha value is -3.80. The molecule has 29 heavy (non-hydrogen) atoms. The van der Waals surface area contributed by atoms with Gasteiger partial charge < -0.3 is 20.5 Å². The van der Waals surface area contributed by atoms with Crippen molar-refractivity contribution >= 4 is 17.5 Å². The summed E-state index contributed by atoms with van der Waals surface area (Å²) in [5.41, 5.74) is 1.51. The molecule has 0 aliphatic heterocycles. The maximum Gasteiger partial charge on any atom is 0.252 e. The molecule has 3 aromatic rings. The Morgan fingerprint density at radius 2 is 1.62 bits per heavy atom. The molecular weight excluding hydrogens is 368 g/mol. The zero-order valence-corrected chi connectivity index (χ0v) is 16.0. The van der Waals surface area contributed by atoms with Gasteiger partial charge in [0, 0.05) is 11.6 Å². The van der Waals surface area contributed by atoms with Crippen LogP contribution in [0.3, 0.4) is 0 Å². The zero-order chi connectivity index (χ0) is 20.6. The van der Waals surface area contributed by atoms with Crippen molar-refractivity contribution < 1.29 is 19.4 Å². The summed E-state index contributed by atoms with van der Waals surface area (Å²) in [4.78, 5) is 25.7. The van der Waals surface area contributed by atoms with E-state index in [0.29, 0.717) is 29.2 Å². The van der Waals surface area contributed by atoms with Gasteiger partial charge in [0.05, 0.1) is 12.3 Å². The SMILES string of the molecule is CCOc1cc(O)ccc1NC(=O)C(NC(=O)c1ccccc1)c1ccccc1. The molecule has 0 bridgehead atoms. The maximum absolute atomic E-state index is 13.1. The molecule has 3 aromatic carbocycles. The number of amides is 2. The van der Waals surface area contributed by atoms with Gasteiger partial charge in [-0.1, -0.05) is 48.5 Å².